The van der Waals surface area contributed by atoms with E-state index in [1.807, 2.05) is 35.7 Å². The van der Waals surface area contributed by atoms with E-state index in [0.29, 0.717) is 5.02 Å². The molecule has 5 nitrogen and oxygen atoms in total. The van der Waals surface area contributed by atoms with Crippen LogP contribution in [0.1, 0.15) is 5.69 Å². The second-order valence-electron chi connectivity index (χ2n) is 3.93. The molecule has 3 rings (SSSR count). The first-order valence-corrected chi connectivity index (χ1v) is 7.07. The van der Waals surface area contributed by atoms with Gasteiger partial charge in [0.05, 0.1) is 17.6 Å². The summed E-state index contributed by atoms with van der Waals surface area (Å²) in [6, 6.07) is 9.40. The van der Waals surface area contributed by atoms with Crippen molar-refractivity contribution in [1.82, 2.24) is 15.2 Å². The molecule has 0 saturated carbocycles. The molecule has 0 saturated heterocycles. The number of anilines is 1. The molecule has 1 aromatic carbocycles. The molecule has 20 heavy (non-hydrogen) atoms. The Labute approximate surface area is 124 Å². The third-order valence-electron chi connectivity index (χ3n) is 2.53. The zero-order valence-electron chi connectivity index (χ0n) is 10.2. The van der Waals surface area contributed by atoms with Gasteiger partial charge in [-0.3, -0.25) is 10.5 Å². The maximum atomic E-state index is 5.86. The van der Waals surface area contributed by atoms with Crippen molar-refractivity contribution in [3.05, 3.63) is 52.6 Å². The first-order chi connectivity index (χ1) is 9.81. The van der Waals surface area contributed by atoms with Gasteiger partial charge < -0.3 is 0 Å². The monoisotopic (exact) mass is 303 g/mol. The van der Waals surface area contributed by atoms with Crippen LogP contribution in [0.4, 0.5) is 5.13 Å². The Morgan fingerprint density at radius 1 is 1.25 bits per heavy atom. The van der Waals surface area contributed by atoms with E-state index < -0.39 is 0 Å². The van der Waals surface area contributed by atoms with Crippen molar-refractivity contribution in [2.24, 2.45) is 5.10 Å². The molecule has 7 heteroatoms. The van der Waals surface area contributed by atoms with Gasteiger partial charge in [0, 0.05) is 22.2 Å². The second kappa shape index (κ2) is 5.85. The van der Waals surface area contributed by atoms with E-state index in [-0.39, 0.29) is 0 Å². The van der Waals surface area contributed by atoms with Gasteiger partial charge in [-0.25, -0.2) is 4.98 Å². The molecule has 0 radical (unpaired) electrons. The molecule has 0 aliphatic heterocycles. The van der Waals surface area contributed by atoms with Gasteiger partial charge in [0.15, 0.2) is 0 Å². The SMILES string of the molecule is Clc1ccc(-c2csc(NN=Cc3ccn[nH]3)n2)cc1. The van der Waals surface area contributed by atoms with Crippen LogP contribution < -0.4 is 5.43 Å². The summed E-state index contributed by atoms with van der Waals surface area (Å²) < 4.78 is 0. The summed E-state index contributed by atoms with van der Waals surface area (Å²) in [7, 11) is 0. The van der Waals surface area contributed by atoms with Crippen LogP contribution in [0.5, 0.6) is 0 Å². The van der Waals surface area contributed by atoms with Crippen LogP contribution >= 0.6 is 22.9 Å². The molecule has 2 heterocycles. The number of rotatable bonds is 4. The summed E-state index contributed by atoms with van der Waals surface area (Å²) in [6.07, 6.45) is 3.32. The number of halogens is 1. The van der Waals surface area contributed by atoms with Crippen LogP contribution in [0.2, 0.25) is 5.02 Å². The number of aromatic amines is 1. The summed E-state index contributed by atoms with van der Waals surface area (Å²) in [5.41, 5.74) is 5.63. The van der Waals surface area contributed by atoms with Gasteiger partial charge in [-0.15, -0.1) is 11.3 Å². The van der Waals surface area contributed by atoms with Crippen LogP contribution in [0.15, 0.2) is 47.0 Å². The number of nitrogens with one attached hydrogen (secondary N) is 2. The van der Waals surface area contributed by atoms with E-state index in [0.717, 1.165) is 22.1 Å². The average Bonchev–Trinajstić information content (AvgIpc) is 3.11. The molecule has 0 amide bonds. The predicted molar refractivity (Wildman–Crippen MR) is 82.4 cm³/mol. The zero-order chi connectivity index (χ0) is 13.8. The fourth-order valence-electron chi connectivity index (χ4n) is 1.57. The summed E-state index contributed by atoms with van der Waals surface area (Å²) in [5.74, 6) is 0. The standard InChI is InChI=1S/C13H10ClN5S/c14-10-3-1-9(2-4-10)12-8-20-13(17-12)19-16-7-11-5-6-15-18-11/h1-8H,(H,15,18)(H,17,19). The van der Waals surface area contributed by atoms with Gasteiger partial charge in [0.25, 0.3) is 0 Å². The number of hydrogen-bond donors (Lipinski definition) is 2. The molecule has 0 aliphatic rings. The largest absolute Gasteiger partial charge is 0.277 e. The molecule has 0 atom stereocenters. The lowest BCUT2D eigenvalue weighted by Crippen LogP contribution is -1.90. The molecule has 0 aliphatic carbocycles. The molecule has 3 aromatic rings. The van der Waals surface area contributed by atoms with Gasteiger partial charge >= 0.3 is 0 Å². The normalized spacial score (nSPS) is 11.1. The lowest BCUT2D eigenvalue weighted by Gasteiger charge is -1.96. The maximum Gasteiger partial charge on any atom is 0.203 e. The van der Waals surface area contributed by atoms with E-state index in [1.165, 1.54) is 11.3 Å². The molecule has 2 N–H and O–H groups in total. The van der Waals surface area contributed by atoms with Gasteiger partial charge in [0.1, 0.15) is 0 Å². The summed E-state index contributed by atoms with van der Waals surface area (Å²) >= 11 is 7.36. The lowest BCUT2D eigenvalue weighted by atomic mass is 10.2. The Morgan fingerprint density at radius 3 is 2.85 bits per heavy atom. The minimum Gasteiger partial charge on any atom is -0.277 e. The van der Waals surface area contributed by atoms with Crippen molar-refractivity contribution in [3.63, 3.8) is 0 Å². The number of hydrogen-bond acceptors (Lipinski definition) is 5. The van der Waals surface area contributed by atoms with Crippen LogP contribution in [-0.4, -0.2) is 21.4 Å². The number of hydrazone groups is 1. The quantitative estimate of drug-likeness (QED) is 0.571. The number of H-pyrrole nitrogens is 1. The molecular formula is C13H10ClN5S. The molecule has 0 unspecified atom stereocenters. The van der Waals surface area contributed by atoms with Gasteiger partial charge in [-0.2, -0.15) is 10.2 Å². The molecule has 0 spiro atoms. The van der Waals surface area contributed by atoms with E-state index in [2.05, 4.69) is 25.7 Å². The Hall–Kier alpha value is -2.18. The predicted octanol–water partition coefficient (Wildman–Crippen LogP) is 3.63. The van der Waals surface area contributed by atoms with E-state index in [4.69, 9.17) is 11.6 Å². The third-order valence-corrected chi connectivity index (χ3v) is 3.53. The van der Waals surface area contributed by atoms with Crippen LogP contribution in [0.3, 0.4) is 0 Å². The zero-order valence-corrected chi connectivity index (χ0v) is 11.8. The van der Waals surface area contributed by atoms with E-state index in [1.54, 1.807) is 12.4 Å². The topological polar surface area (TPSA) is 66.0 Å². The fourth-order valence-corrected chi connectivity index (χ4v) is 2.37. The first-order valence-electron chi connectivity index (χ1n) is 5.81. The molecule has 0 fully saturated rings. The van der Waals surface area contributed by atoms with Gasteiger partial charge in [0.2, 0.25) is 5.13 Å². The molecule has 100 valence electrons. The molecule has 0 bridgehead atoms. The highest BCUT2D eigenvalue weighted by atomic mass is 35.5. The Morgan fingerprint density at radius 2 is 2.10 bits per heavy atom. The van der Waals surface area contributed by atoms with Gasteiger partial charge in [-0.05, 0) is 18.2 Å². The van der Waals surface area contributed by atoms with Crippen LogP contribution in [0, 0.1) is 0 Å². The van der Waals surface area contributed by atoms with Crippen LogP contribution in [0.25, 0.3) is 11.3 Å². The van der Waals surface area contributed by atoms with Crippen LogP contribution in [-0.2, 0) is 0 Å². The van der Waals surface area contributed by atoms with Crippen molar-refractivity contribution in [2.75, 3.05) is 5.43 Å². The molecular weight excluding hydrogens is 294 g/mol. The highest BCUT2D eigenvalue weighted by Gasteiger charge is 2.03. The summed E-state index contributed by atoms with van der Waals surface area (Å²) in [4.78, 5) is 4.45. The highest BCUT2D eigenvalue weighted by Crippen LogP contribution is 2.25. The van der Waals surface area contributed by atoms with Crippen molar-refractivity contribution in [1.29, 1.82) is 0 Å². The highest BCUT2D eigenvalue weighted by molar-refractivity contribution is 7.14. The van der Waals surface area contributed by atoms with E-state index in [9.17, 15) is 0 Å². The smallest absolute Gasteiger partial charge is 0.203 e. The summed E-state index contributed by atoms with van der Waals surface area (Å²) in [5, 5.41) is 14.1. The lowest BCUT2D eigenvalue weighted by molar-refractivity contribution is 1.08. The fraction of sp³-hybridized carbons (Fsp3) is 0. The number of aromatic nitrogens is 3. The Bertz CT molecular complexity index is 703. The maximum absolute atomic E-state index is 5.86. The van der Waals surface area contributed by atoms with Crippen molar-refractivity contribution < 1.29 is 0 Å². The minimum atomic E-state index is 0.714. The van der Waals surface area contributed by atoms with Crippen molar-refractivity contribution in [2.45, 2.75) is 0 Å². The number of benzene rings is 1. The first kappa shape index (κ1) is 12.8. The third kappa shape index (κ3) is 3.04. The molecule has 2 aromatic heterocycles. The number of nitrogens with zero attached hydrogens (tertiary/aromatic N) is 3. The number of thiazole rings is 1. The second-order valence-corrected chi connectivity index (χ2v) is 5.22. The summed E-state index contributed by atoms with van der Waals surface area (Å²) in [6.45, 7) is 0. The van der Waals surface area contributed by atoms with Crippen molar-refractivity contribution >= 4 is 34.3 Å². The van der Waals surface area contributed by atoms with Gasteiger partial charge in [-0.1, -0.05) is 23.7 Å². The minimum absolute atomic E-state index is 0.714. The Balaban J connectivity index is 1.69. The van der Waals surface area contributed by atoms with E-state index >= 15 is 0 Å². The van der Waals surface area contributed by atoms with Crippen molar-refractivity contribution in [3.8, 4) is 11.3 Å². The Kier molecular flexibility index (Phi) is 3.76. The average molecular weight is 304 g/mol.